The molecule has 7 aromatic rings. The second kappa shape index (κ2) is 16.0. The van der Waals surface area contributed by atoms with Gasteiger partial charge in [-0.1, -0.05) is 78.9 Å². The van der Waals surface area contributed by atoms with Gasteiger partial charge in [0.15, 0.2) is 0 Å². The Bertz CT molecular complexity index is 2310. The fraction of sp³-hybridized carbons (Fsp3) is 0.130. The van der Waals surface area contributed by atoms with E-state index >= 15 is 0 Å². The minimum Gasteiger partial charge on any atom is -0.305 e. The first kappa shape index (κ1) is 26.9. The van der Waals surface area contributed by atoms with Gasteiger partial charge >= 0.3 is 0 Å². The van der Waals surface area contributed by atoms with E-state index in [-0.39, 0.29) is 31.2 Å². The van der Waals surface area contributed by atoms with E-state index in [0.29, 0.717) is 22.4 Å². The molecule has 0 unspecified atom stereocenters. The topological polar surface area (TPSA) is 25.8 Å². The van der Waals surface area contributed by atoms with Gasteiger partial charge in [-0.25, -0.2) is 0 Å². The van der Waals surface area contributed by atoms with Crippen LogP contribution >= 0.6 is 0 Å². The van der Waals surface area contributed by atoms with Crippen LogP contribution in [-0.2, 0) is 45.8 Å². The van der Waals surface area contributed by atoms with E-state index in [9.17, 15) is 0 Å². The number of pyridine rings is 2. The summed E-state index contributed by atoms with van der Waals surface area (Å²) >= 11 is 0. The molecule has 0 amide bonds. The molecule has 0 saturated heterocycles. The van der Waals surface area contributed by atoms with Crippen molar-refractivity contribution in [2.24, 2.45) is 0 Å². The van der Waals surface area contributed by atoms with Gasteiger partial charge in [0.05, 0.1) is 0 Å². The van der Waals surface area contributed by atoms with Gasteiger partial charge in [-0.2, -0.15) is 0 Å². The van der Waals surface area contributed by atoms with Gasteiger partial charge in [-0.15, -0.1) is 71.8 Å². The summed E-state index contributed by atoms with van der Waals surface area (Å²) in [5.74, 6) is 0. The van der Waals surface area contributed by atoms with Crippen LogP contribution in [0.15, 0.2) is 146 Å². The summed E-state index contributed by atoms with van der Waals surface area (Å²) in [7, 11) is 0. The van der Waals surface area contributed by atoms with Gasteiger partial charge in [0.2, 0.25) is 0 Å². The monoisotopic (exact) mass is 817 g/mol. The maximum absolute atomic E-state index is 8.48. The maximum Gasteiger partial charge on any atom is 0.0280 e. The minimum absolute atomic E-state index is 0. The molecule has 2 nitrogen and oxygen atoms in total. The van der Waals surface area contributed by atoms with Gasteiger partial charge < -0.3 is 9.97 Å². The second-order valence-corrected chi connectivity index (χ2v) is 12.0. The first-order valence-corrected chi connectivity index (χ1v) is 16.2. The quantitative estimate of drug-likeness (QED) is 0.165. The molecule has 4 bridgehead atoms. The predicted octanol–water partition coefficient (Wildman–Crippen LogP) is 10.9. The molecule has 3 heteroatoms. The summed E-state index contributed by atoms with van der Waals surface area (Å²) in [5, 5.41) is 0. The minimum atomic E-state index is -2.48. The van der Waals surface area contributed by atoms with Crippen molar-refractivity contribution in [1.82, 2.24) is 9.97 Å². The van der Waals surface area contributed by atoms with Crippen LogP contribution in [0.25, 0.3) is 44.8 Å². The molecule has 0 saturated carbocycles. The molecule has 4 aliphatic rings. The molecule has 0 fully saturated rings. The predicted molar refractivity (Wildman–Crippen MR) is 199 cm³/mol. The Labute approximate surface area is 312 Å². The fourth-order valence-corrected chi connectivity index (χ4v) is 6.11. The molecule has 0 spiro atoms. The molecule has 49 heavy (non-hydrogen) atoms. The van der Waals surface area contributed by atoms with Gasteiger partial charge in [0, 0.05) is 40.7 Å². The summed E-state index contributed by atoms with van der Waals surface area (Å²) in [6.07, 6.45) is 6.65. The Morgan fingerprint density at radius 3 is 1.88 bits per heavy atom. The molecule has 4 aliphatic carbocycles. The van der Waals surface area contributed by atoms with Crippen molar-refractivity contribution in [3.8, 4) is 44.8 Å². The molecule has 0 aliphatic heterocycles. The van der Waals surface area contributed by atoms with E-state index in [4.69, 9.17) is 8.22 Å². The van der Waals surface area contributed by atoms with Crippen molar-refractivity contribution >= 4 is 0 Å². The zero-order valence-electron chi connectivity index (χ0n) is 32.9. The molecule has 243 valence electrons. The average molecular weight is 817 g/mol. The standard InChI is InChI=1S/C35H30N.C11H8N.Ir/c1-24-20-31(18-19-32(24)33-22-35(36-23-25(33)2)30-6-4-3-5-7-30)34-21-28-13-12-26-8-10-27(11-9-26)14-16-29(34)17-15-28;1-2-6-10(7-3-1)11-8-4-5-9-12-11;/h3-6,8-11,15,17-23H,12-14,16H2,1-2H3;1-6,8-9H;/q2*-1;/i1D3,2D3;;. The number of nitrogens with zero attached hydrogens (tertiary/aromatic N) is 2. The molecule has 0 N–H and O–H groups in total. The van der Waals surface area contributed by atoms with Gasteiger partial charge in [-0.3, -0.25) is 0 Å². The molecule has 1 radical (unpaired) electrons. The normalized spacial score (nSPS) is 14.1. The zero-order valence-corrected chi connectivity index (χ0v) is 29.3. The molecule has 11 rings (SSSR count). The molecule has 5 aromatic carbocycles. The van der Waals surface area contributed by atoms with Crippen LogP contribution in [0.3, 0.4) is 0 Å². The summed E-state index contributed by atoms with van der Waals surface area (Å²) in [6, 6.07) is 49.7. The van der Waals surface area contributed by atoms with Crippen molar-refractivity contribution in [3.63, 3.8) is 0 Å². The Balaban J connectivity index is 0.000000336. The van der Waals surface area contributed by atoms with E-state index in [1.54, 1.807) is 30.5 Å². The number of benzene rings is 5. The smallest absolute Gasteiger partial charge is 0.0280 e. The Hall–Kier alpha value is -4.95. The third-order valence-electron chi connectivity index (χ3n) is 8.74. The largest absolute Gasteiger partial charge is 0.305 e. The van der Waals surface area contributed by atoms with Gasteiger partial charge in [-0.05, 0) is 112 Å². The van der Waals surface area contributed by atoms with Crippen molar-refractivity contribution < 1.29 is 28.3 Å². The van der Waals surface area contributed by atoms with Crippen molar-refractivity contribution in [2.75, 3.05) is 0 Å². The number of hydrogen-bond acceptors (Lipinski definition) is 2. The molecule has 2 aromatic heterocycles. The molecule has 2 heterocycles. The van der Waals surface area contributed by atoms with Crippen molar-refractivity contribution in [1.29, 1.82) is 0 Å². The Morgan fingerprint density at radius 1 is 0.531 bits per heavy atom. The molecular formula is C46H38IrN2-2. The van der Waals surface area contributed by atoms with Crippen LogP contribution in [-0.4, -0.2) is 9.97 Å². The molecular weight excluding hydrogens is 773 g/mol. The summed E-state index contributed by atoms with van der Waals surface area (Å²) in [5.41, 5.74) is 10.8. The SMILES string of the molecule is [2H]C([2H])([2H])c1cnc(-c2[c-]cccc2)cc1-c1ccc(-c2cc3ccc2CCc2ccc(cc2)CC3)cc1C([2H])([2H])[2H].[Ir].[c-]1ccccc1-c1ccccn1. The summed E-state index contributed by atoms with van der Waals surface area (Å²) in [6.45, 7) is -4.95. The van der Waals surface area contributed by atoms with E-state index in [2.05, 4.69) is 64.6 Å². The fourth-order valence-electron chi connectivity index (χ4n) is 6.11. The van der Waals surface area contributed by atoms with Crippen molar-refractivity contribution in [2.45, 2.75) is 39.4 Å². The second-order valence-electron chi connectivity index (χ2n) is 12.0. The van der Waals surface area contributed by atoms with E-state index in [1.807, 2.05) is 66.7 Å². The van der Waals surface area contributed by atoms with Crippen LogP contribution in [0.1, 0.15) is 41.6 Å². The summed E-state index contributed by atoms with van der Waals surface area (Å²) < 4.78 is 50.0. The van der Waals surface area contributed by atoms with Crippen LogP contribution < -0.4 is 0 Å². The number of aromatic nitrogens is 2. The van der Waals surface area contributed by atoms with E-state index in [0.717, 1.165) is 53.6 Å². The zero-order chi connectivity index (χ0) is 37.7. The number of aryl methyl sites for hydroxylation is 6. The number of hydrogen-bond donors (Lipinski definition) is 0. The van der Waals surface area contributed by atoms with Crippen LogP contribution in [0, 0.1) is 25.8 Å². The maximum atomic E-state index is 8.48. The Kier molecular flexibility index (Phi) is 8.78. The molecule has 0 atom stereocenters. The first-order valence-electron chi connectivity index (χ1n) is 19.2. The van der Waals surface area contributed by atoms with E-state index < -0.39 is 13.7 Å². The van der Waals surface area contributed by atoms with Gasteiger partial charge in [0.25, 0.3) is 0 Å². The van der Waals surface area contributed by atoms with Crippen LogP contribution in [0.2, 0.25) is 0 Å². The summed E-state index contributed by atoms with van der Waals surface area (Å²) in [4.78, 5) is 8.63. The Morgan fingerprint density at radius 2 is 1.20 bits per heavy atom. The van der Waals surface area contributed by atoms with E-state index in [1.165, 1.54) is 22.9 Å². The van der Waals surface area contributed by atoms with Crippen molar-refractivity contribution in [3.05, 3.63) is 191 Å². The third kappa shape index (κ3) is 8.20. The third-order valence-corrected chi connectivity index (χ3v) is 8.74. The first-order chi connectivity index (χ1) is 26.0. The average Bonchev–Trinajstić information content (AvgIpc) is 3.19. The van der Waals surface area contributed by atoms with Crippen LogP contribution in [0.5, 0.6) is 0 Å². The van der Waals surface area contributed by atoms with Gasteiger partial charge in [0.1, 0.15) is 0 Å². The number of rotatable bonds is 4. The van der Waals surface area contributed by atoms with Crippen LogP contribution in [0.4, 0.5) is 0 Å².